The highest BCUT2D eigenvalue weighted by Gasteiger charge is 2.23. The normalized spacial score (nSPS) is 23.8. The lowest BCUT2D eigenvalue weighted by Gasteiger charge is -2.29. The molecule has 5 N–H and O–H groups in total. The summed E-state index contributed by atoms with van der Waals surface area (Å²) in [6.45, 7) is 3.86. The summed E-state index contributed by atoms with van der Waals surface area (Å²) in [7, 11) is 0. The number of nitrogens with two attached hydrogens (primary N) is 2. The van der Waals surface area contributed by atoms with Crippen molar-refractivity contribution in [1.82, 2.24) is 0 Å². The summed E-state index contributed by atoms with van der Waals surface area (Å²) in [6, 6.07) is 8.96. The predicted octanol–water partition coefficient (Wildman–Crippen LogP) is 4.37. The second-order valence-corrected chi connectivity index (χ2v) is 8.11. The van der Waals surface area contributed by atoms with Gasteiger partial charge in [0.05, 0.1) is 6.04 Å². The zero-order chi connectivity index (χ0) is 20.5. The molecule has 0 heterocycles. The molecule has 0 aromatic heterocycles. The fourth-order valence-electron chi connectivity index (χ4n) is 3.88. The number of rotatable bonds is 9. The van der Waals surface area contributed by atoms with Gasteiger partial charge in [-0.3, -0.25) is 9.98 Å². The molecule has 0 unspecified atom stereocenters. The van der Waals surface area contributed by atoms with Crippen LogP contribution in [0, 0.1) is 11.8 Å². The number of benzene rings is 1. The second-order valence-electron chi connectivity index (χ2n) is 8.11. The van der Waals surface area contributed by atoms with Gasteiger partial charge in [0.15, 0.2) is 0 Å². The van der Waals surface area contributed by atoms with Gasteiger partial charge in [-0.1, -0.05) is 12.1 Å². The average Bonchev–Trinajstić information content (AvgIpc) is 3.59. The Morgan fingerprint density at radius 3 is 2.52 bits per heavy atom. The highest BCUT2D eigenvalue weighted by Crippen LogP contribution is 2.33. The number of allylic oxidation sites excluding steroid dienone is 2. The van der Waals surface area contributed by atoms with Gasteiger partial charge in [0.1, 0.15) is 0 Å². The first-order valence-corrected chi connectivity index (χ1v) is 10.9. The second kappa shape index (κ2) is 10.8. The van der Waals surface area contributed by atoms with E-state index in [2.05, 4.69) is 39.6 Å². The molecule has 0 aliphatic heterocycles. The molecule has 2 fully saturated rings. The van der Waals surface area contributed by atoms with Crippen LogP contribution in [0.25, 0.3) is 5.57 Å². The van der Waals surface area contributed by atoms with E-state index in [4.69, 9.17) is 11.5 Å². The molecule has 156 valence electrons. The van der Waals surface area contributed by atoms with Gasteiger partial charge >= 0.3 is 0 Å². The highest BCUT2D eigenvalue weighted by molar-refractivity contribution is 6.10. The van der Waals surface area contributed by atoms with E-state index in [-0.39, 0.29) is 0 Å². The minimum absolute atomic E-state index is 0.504. The van der Waals surface area contributed by atoms with Gasteiger partial charge in [-0.05, 0) is 86.8 Å². The molecule has 5 nitrogen and oxygen atoms in total. The van der Waals surface area contributed by atoms with E-state index >= 15 is 0 Å². The average molecular weight is 394 g/mol. The Morgan fingerprint density at radius 2 is 1.86 bits per heavy atom. The Labute approximate surface area is 175 Å². The van der Waals surface area contributed by atoms with Gasteiger partial charge < -0.3 is 16.8 Å². The third-order valence-corrected chi connectivity index (χ3v) is 5.88. The van der Waals surface area contributed by atoms with Gasteiger partial charge in [-0.2, -0.15) is 0 Å². The number of nitrogens with zero attached hydrogens (tertiary/aromatic N) is 2. The largest absolute Gasteiger partial charge is 0.404 e. The summed E-state index contributed by atoms with van der Waals surface area (Å²) >= 11 is 0. The van der Waals surface area contributed by atoms with Crippen LogP contribution in [0.3, 0.4) is 0 Å². The van der Waals surface area contributed by atoms with Crippen molar-refractivity contribution in [3.63, 3.8) is 0 Å². The summed E-state index contributed by atoms with van der Waals surface area (Å²) < 4.78 is 0. The van der Waals surface area contributed by atoms with E-state index in [9.17, 15) is 0 Å². The fraction of sp³-hybridized carbons (Fsp3) is 0.500. The maximum Gasteiger partial charge on any atom is 0.0501 e. The molecule has 1 aromatic rings. The van der Waals surface area contributed by atoms with Crippen molar-refractivity contribution in [3.05, 3.63) is 47.8 Å². The lowest BCUT2D eigenvalue weighted by atomic mass is 9.79. The zero-order valence-corrected chi connectivity index (χ0v) is 17.6. The van der Waals surface area contributed by atoms with E-state index in [1.165, 1.54) is 44.1 Å². The minimum Gasteiger partial charge on any atom is -0.404 e. The van der Waals surface area contributed by atoms with Crippen LogP contribution in [0.5, 0.6) is 0 Å². The van der Waals surface area contributed by atoms with Crippen LogP contribution in [0.4, 0.5) is 5.69 Å². The van der Waals surface area contributed by atoms with Gasteiger partial charge in [-0.25, -0.2) is 0 Å². The minimum atomic E-state index is 0.504. The predicted molar refractivity (Wildman–Crippen MR) is 125 cm³/mol. The Bertz CT molecular complexity index is 765. The third-order valence-electron chi connectivity index (χ3n) is 5.88. The van der Waals surface area contributed by atoms with Crippen molar-refractivity contribution in [2.75, 3.05) is 18.4 Å². The van der Waals surface area contributed by atoms with Crippen LogP contribution < -0.4 is 16.8 Å². The number of hydrogen-bond acceptors (Lipinski definition) is 5. The number of nitrogens with one attached hydrogen (secondary N) is 1. The molecule has 2 aliphatic rings. The Hall–Kier alpha value is -2.56. The van der Waals surface area contributed by atoms with Crippen LogP contribution in [0.1, 0.15) is 51.0 Å². The van der Waals surface area contributed by atoms with Crippen molar-refractivity contribution >= 4 is 23.7 Å². The first kappa shape index (κ1) is 21.2. The molecule has 3 rings (SSSR count). The monoisotopic (exact) mass is 393 g/mol. The molecule has 5 heteroatoms. The van der Waals surface area contributed by atoms with E-state index in [0.717, 1.165) is 29.9 Å². The maximum absolute atomic E-state index is 5.84. The summed E-state index contributed by atoms with van der Waals surface area (Å²) in [5.74, 6) is 1.25. The van der Waals surface area contributed by atoms with Crippen LogP contribution in [0.15, 0.2) is 52.2 Å². The van der Waals surface area contributed by atoms with Crippen LogP contribution >= 0.6 is 0 Å². The molecule has 2 aliphatic carbocycles. The number of hydrogen-bond donors (Lipinski definition) is 3. The van der Waals surface area contributed by atoms with Crippen LogP contribution in [0.2, 0.25) is 0 Å². The molecule has 29 heavy (non-hydrogen) atoms. The molecular formula is C24H35N5. The lowest BCUT2D eigenvalue weighted by Crippen LogP contribution is -2.23. The first-order chi connectivity index (χ1) is 14.2. The van der Waals surface area contributed by atoms with Crippen molar-refractivity contribution in [1.29, 1.82) is 0 Å². The quantitative estimate of drug-likeness (QED) is 0.544. The smallest absolute Gasteiger partial charge is 0.0501 e. The van der Waals surface area contributed by atoms with Crippen LogP contribution in [-0.4, -0.2) is 31.6 Å². The summed E-state index contributed by atoms with van der Waals surface area (Å²) in [6.07, 6.45) is 14.5. The first-order valence-electron chi connectivity index (χ1n) is 10.9. The van der Waals surface area contributed by atoms with Crippen molar-refractivity contribution in [3.8, 4) is 0 Å². The Morgan fingerprint density at radius 1 is 1.07 bits per heavy atom. The molecule has 2 saturated carbocycles. The highest BCUT2D eigenvalue weighted by atomic mass is 14.9. The number of anilines is 1. The van der Waals surface area contributed by atoms with Gasteiger partial charge in [0.25, 0.3) is 0 Å². The van der Waals surface area contributed by atoms with Crippen molar-refractivity contribution in [2.45, 2.75) is 51.5 Å². The standard InChI is InChI=1S/C24H35N5/c1-2-27-16-21(13-25)19-8-6-18(7-9-19)15-28-24-5-3-4-20(12-24)22(14-26)17-29-23-10-11-23/h3-5,12-14,16-19,23,28H,2,6-11,15,25-26H2,1H3. The number of aliphatic imine (C=N–C) groups is 2. The van der Waals surface area contributed by atoms with Crippen LogP contribution in [-0.2, 0) is 0 Å². The zero-order valence-electron chi connectivity index (χ0n) is 17.6. The molecular weight excluding hydrogens is 358 g/mol. The van der Waals surface area contributed by atoms with E-state index < -0.39 is 0 Å². The van der Waals surface area contributed by atoms with E-state index in [1.807, 2.05) is 19.4 Å². The van der Waals surface area contributed by atoms with Crippen molar-refractivity contribution in [2.24, 2.45) is 33.3 Å². The Kier molecular flexibility index (Phi) is 7.91. The molecule has 1 aromatic carbocycles. The van der Waals surface area contributed by atoms with Crippen molar-refractivity contribution < 1.29 is 0 Å². The van der Waals surface area contributed by atoms with E-state index in [1.54, 1.807) is 12.4 Å². The summed E-state index contributed by atoms with van der Waals surface area (Å²) in [4.78, 5) is 8.92. The fourth-order valence-corrected chi connectivity index (χ4v) is 3.88. The molecule has 0 radical (unpaired) electrons. The van der Waals surface area contributed by atoms with E-state index in [0.29, 0.717) is 17.9 Å². The van der Waals surface area contributed by atoms with Gasteiger partial charge in [0.2, 0.25) is 0 Å². The molecule has 0 amide bonds. The maximum atomic E-state index is 5.84. The van der Waals surface area contributed by atoms with Gasteiger partial charge in [-0.15, -0.1) is 0 Å². The SMILES string of the molecule is CCN=CC(=CN)C1CCC(CNc2cccc(C(C=NC3CC3)=CN)c2)CC1. The third kappa shape index (κ3) is 6.48. The van der Waals surface area contributed by atoms with Gasteiger partial charge in [0, 0.05) is 43.0 Å². The summed E-state index contributed by atoms with van der Waals surface area (Å²) in [5.41, 5.74) is 16.1. The molecule has 0 spiro atoms. The molecule has 0 bridgehead atoms. The lowest BCUT2D eigenvalue weighted by molar-refractivity contribution is 0.317. The molecule has 0 saturated heterocycles. The topological polar surface area (TPSA) is 88.8 Å². The molecule has 0 atom stereocenters. The Balaban J connectivity index is 1.50. The summed E-state index contributed by atoms with van der Waals surface area (Å²) in [5, 5.41) is 3.63.